The van der Waals surface area contributed by atoms with Gasteiger partial charge in [-0.05, 0) is 49.8 Å². The molecule has 0 saturated carbocycles. The molecule has 2 saturated heterocycles. The van der Waals surface area contributed by atoms with Gasteiger partial charge in [0, 0.05) is 25.2 Å². The number of amides is 1. The molecule has 2 aliphatic rings. The highest BCUT2D eigenvalue weighted by Crippen LogP contribution is 2.24. The zero-order valence-corrected chi connectivity index (χ0v) is 13.2. The zero-order valence-electron chi connectivity index (χ0n) is 13.2. The van der Waals surface area contributed by atoms with Crippen LogP contribution in [0.25, 0.3) is 6.08 Å². The topological polar surface area (TPSA) is 32.3 Å². The lowest BCUT2D eigenvalue weighted by Gasteiger charge is -2.38. The van der Waals surface area contributed by atoms with Crippen molar-refractivity contribution in [1.82, 2.24) is 10.2 Å². The molecule has 2 aliphatic heterocycles. The molecule has 0 aliphatic carbocycles. The summed E-state index contributed by atoms with van der Waals surface area (Å²) in [6, 6.07) is 10.6. The van der Waals surface area contributed by atoms with Crippen molar-refractivity contribution in [3.05, 3.63) is 42.0 Å². The Kier molecular flexibility index (Phi) is 5.28. The molecule has 1 N–H and O–H groups in total. The zero-order chi connectivity index (χ0) is 15.2. The van der Waals surface area contributed by atoms with E-state index < -0.39 is 0 Å². The molecule has 0 bridgehead atoms. The molecule has 0 unspecified atom stereocenters. The Hall–Kier alpha value is -1.61. The first-order valence-corrected chi connectivity index (χ1v) is 8.58. The maximum absolute atomic E-state index is 12.4. The molecule has 1 amide bonds. The lowest BCUT2D eigenvalue weighted by Crippen LogP contribution is -2.48. The SMILES string of the molecule is O=C(/C=C\c1ccccc1)N1CCC[C@H]([C@H]2CCCCN2)C1. The highest BCUT2D eigenvalue weighted by atomic mass is 16.2. The first-order chi connectivity index (χ1) is 10.8. The second-order valence-electron chi connectivity index (χ2n) is 6.49. The molecular formula is C19H26N2O. The Bertz CT molecular complexity index is 505. The number of benzene rings is 1. The van der Waals surface area contributed by atoms with Crippen LogP contribution in [0.4, 0.5) is 0 Å². The van der Waals surface area contributed by atoms with Crippen molar-refractivity contribution >= 4 is 12.0 Å². The quantitative estimate of drug-likeness (QED) is 0.870. The Morgan fingerprint density at radius 3 is 2.77 bits per heavy atom. The van der Waals surface area contributed by atoms with E-state index in [1.807, 2.05) is 41.3 Å². The van der Waals surface area contributed by atoms with Crippen molar-refractivity contribution < 1.29 is 4.79 Å². The number of nitrogens with zero attached hydrogens (tertiary/aromatic N) is 1. The lowest BCUT2D eigenvalue weighted by molar-refractivity contribution is -0.128. The summed E-state index contributed by atoms with van der Waals surface area (Å²) >= 11 is 0. The summed E-state index contributed by atoms with van der Waals surface area (Å²) < 4.78 is 0. The van der Waals surface area contributed by atoms with E-state index in [0.29, 0.717) is 12.0 Å². The summed E-state index contributed by atoms with van der Waals surface area (Å²) in [7, 11) is 0. The van der Waals surface area contributed by atoms with Crippen LogP contribution in [0.5, 0.6) is 0 Å². The molecule has 2 heterocycles. The van der Waals surface area contributed by atoms with Crippen LogP contribution in [-0.2, 0) is 4.79 Å². The third kappa shape index (κ3) is 3.98. The molecule has 3 nitrogen and oxygen atoms in total. The number of piperidine rings is 2. The van der Waals surface area contributed by atoms with Crippen LogP contribution >= 0.6 is 0 Å². The molecular weight excluding hydrogens is 272 g/mol. The van der Waals surface area contributed by atoms with Gasteiger partial charge in [0.2, 0.25) is 5.91 Å². The second-order valence-corrected chi connectivity index (χ2v) is 6.49. The van der Waals surface area contributed by atoms with Crippen molar-refractivity contribution in [3.8, 4) is 0 Å². The van der Waals surface area contributed by atoms with E-state index in [1.54, 1.807) is 6.08 Å². The summed E-state index contributed by atoms with van der Waals surface area (Å²) in [4.78, 5) is 14.5. The molecule has 1 aromatic carbocycles. The van der Waals surface area contributed by atoms with Crippen LogP contribution in [0.2, 0.25) is 0 Å². The normalized spacial score (nSPS) is 26.3. The summed E-state index contributed by atoms with van der Waals surface area (Å²) in [5.74, 6) is 0.785. The highest BCUT2D eigenvalue weighted by molar-refractivity contribution is 5.91. The van der Waals surface area contributed by atoms with Gasteiger partial charge in [0.25, 0.3) is 0 Å². The second kappa shape index (κ2) is 7.59. The monoisotopic (exact) mass is 298 g/mol. The van der Waals surface area contributed by atoms with Gasteiger partial charge in [-0.15, -0.1) is 0 Å². The molecule has 0 spiro atoms. The largest absolute Gasteiger partial charge is 0.339 e. The van der Waals surface area contributed by atoms with Crippen molar-refractivity contribution in [3.63, 3.8) is 0 Å². The summed E-state index contributed by atoms with van der Waals surface area (Å²) in [5.41, 5.74) is 1.08. The van der Waals surface area contributed by atoms with Gasteiger partial charge in [-0.3, -0.25) is 4.79 Å². The molecule has 0 aromatic heterocycles. The Balaban J connectivity index is 1.57. The molecule has 2 atom stereocenters. The van der Waals surface area contributed by atoms with E-state index in [4.69, 9.17) is 0 Å². The van der Waals surface area contributed by atoms with Crippen LogP contribution in [0.3, 0.4) is 0 Å². The lowest BCUT2D eigenvalue weighted by atomic mass is 9.86. The van der Waals surface area contributed by atoms with Gasteiger partial charge >= 0.3 is 0 Å². The molecule has 2 fully saturated rings. The molecule has 3 heteroatoms. The summed E-state index contributed by atoms with van der Waals surface area (Å²) in [6.45, 7) is 2.96. The van der Waals surface area contributed by atoms with E-state index in [1.165, 1.54) is 25.7 Å². The highest BCUT2D eigenvalue weighted by Gasteiger charge is 2.29. The summed E-state index contributed by atoms with van der Waals surface area (Å²) in [5, 5.41) is 3.65. The van der Waals surface area contributed by atoms with Crippen molar-refractivity contribution in [2.24, 2.45) is 5.92 Å². The van der Waals surface area contributed by atoms with Crippen LogP contribution in [0.15, 0.2) is 36.4 Å². The predicted octanol–water partition coefficient (Wildman–Crippen LogP) is 3.08. The molecule has 1 aromatic rings. The van der Waals surface area contributed by atoms with E-state index in [2.05, 4.69) is 5.32 Å². The van der Waals surface area contributed by atoms with Gasteiger partial charge in [-0.25, -0.2) is 0 Å². The fraction of sp³-hybridized carbons (Fsp3) is 0.526. The minimum absolute atomic E-state index is 0.157. The van der Waals surface area contributed by atoms with Crippen LogP contribution in [0, 0.1) is 5.92 Å². The number of carbonyl (C=O) groups is 1. The van der Waals surface area contributed by atoms with Gasteiger partial charge in [0.05, 0.1) is 0 Å². The van der Waals surface area contributed by atoms with Crippen LogP contribution in [-0.4, -0.2) is 36.5 Å². The van der Waals surface area contributed by atoms with E-state index in [0.717, 1.165) is 31.6 Å². The maximum atomic E-state index is 12.4. The average Bonchev–Trinajstić information content (AvgIpc) is 2.61. The minimum Gasteiger partial charge on any atom is -0.339 e. The van der Waals surface area contributed by atoms with Crippen LogP contribution in [0.1, 0.15) is 37.7 Å². The molecule has 0 radical (unpaired) electrons. The first-order valence-electron chi connectivity index (χ1n) is 8.58. The Labute approximate surface area is 133 Å². The number of nitrogens with one attached hydrogen (secondary N) is 1. The number of rotatable bonds is 3. The van der Waals surface area contributed by atoms with Gasteiger partial charge in [0.1, 0.15) is 0 Å². The number of carbonyl (C=O) groups excluding carboxylic acids is 1. The fourth-order valence-electron chi connectivity index (χ4n) is 3.66. The van der Waals surface area contributed by atoms with Crippen LogP contribution < -0.4 is 5.32 Å². The standard InChI is InChI=1S/C19H26N2O/c22-19(12-11-16-7-2-1-3-8-16)21-14-6-9-17(15-21)18-10-4-5-13-20-18/h1-3,7-8,11-12,17-18,20H,4-6,9-10,13-15H2/b12-11-/t17-,18+/m0/s1. The average molecular weight is 298 g/mol. The number of likely N-dealkylation sites (tertiary alicyclic amines) is 1. The fourth-order valence-corrected chi connectivity index (χ4v) is 3.66. The van der Waals surface area contributed by atoms with Crippen molar-refractivity contribution in [2.75, 3.05) is 19.6 Å². The van der Waals surface area contributed by atoms with Crippen molar-refractivity contribution in [1.29, 1.82) is 0 Å². The molecule has 118 valence electrons. The smallest absolute Gasteiger partial charge is 0.246 e. The summed E-state index contributed by atoms with van der Waals surface area (Å²) in [6.07, 6.45) is 9.93. The van der Waals surface area contributed by atoms with Crippen molar-refractivity contribution in [2.45, 2.75) is 38.1 Å². The predicted molar refractivity (Wildman–Crippen MR) is 90.4 cm³/mol. The molecule has 22 heavy (non-hydrogen) atoms. The minimum atomic E-state index is 0.157. The third-order valence-electron chi connectivity index (χ3n) is 4.90. The molecule has 3 rings (SSSR count). The number of hydrogen-bond acceptors (Lipinski definition) is 2. The maximum Gasteiger partial charge on any atom is 0.246 e. The van der Waals surface area contributed by atoms with Gasteiger partial charge in [0.15, 0.2) is 0 Å². The van der Waals surface area contributed by atoms with E-state index in [9.17, 15) is 4.79 Å². The van der Waals surface area contributed by atoms with Gasteiger partial charge < -0.3 is 10.2 Å². The van der Waals surface area contributed by atoms with E-state index >= 15 is 0 Å². The Morgan fingerprint density at radius 1 is 1.14 bits per heavy atom. The Morgan fingerprint density at radius 2 is 2.00 bits per heavy atom. The van der Waals surface area contributed by atoms with E-state index in [-0.39, 0.29) is 5.91 Å². The van der Waals surface area contributed by atoms with Gasteiger partial charge in [-0.2, -0.15) is 0 Å². The number of hydrogen-bond donors (Lipinski definition) is 1. The first kappa shape index (κ1) is 15.3. The van der Waals surface area contributed by atoms with Gasteiger partial charge in [-0.1, -0.05) is 36.8 Å². The third-order valence-corrected chi connectivity index (χ3v) is 4.90.